The maximum Gasteiger partial charge on any atom is 0.261 e. The summed E-state index contributed by atoms with van der Waals surface area (Å²) in [5.41, 5.74) is 0.115. The third kappa shape index (κ3) is 3.49. The molecular weight excluding hydrogens is 334 g/mol. The molecule has 2 nitrogen and oxygen atoms in total. The van der Waals surface area contributed by atoms with Gasteiger partial charge in [0, 0.05) is 17.8 Å². The van der Waals surface area contributed by atoms with Crippen LogP contribution < -0.4 is 5.32 Å². The standard InChI is InChI=1S/C13H17BrClNOS/c14-11-5-4-10(18-11)12(17)16-9-13(8-15)6-2-1-3-7-13/h4-5H,1-3,6-9H2,(H,16,17). The molecule has 1 aliphatic rings. The Labute approximate surface area is 125 Å². The number of rotatable bonds is 4. The first-order chi connectivity index (χ1) is 8.65. The third-order valence-electron chi connectivity index (χ3n) is 3.62. The molecule has 0 aromatic carbocycles. The first-order valence-electron chi connectivity index (χ1n) is 6.25. The molecule has 18 heavy (non-hydrogen) atoms. The molecule has 1 aliphatic carbocycles. The molecule has 1 heterocycles. The van der Waals surface area contributed by atoms with Crippen LogP contribution in [0.4, 0.5) is 0 Å². The van der Waals surface area contributed by atoms with E-state index in [0.29, 0.717) is 12.4 Å². The minimum absolute atomic E-state index is 0.0146. The van der Waals surface area contributed by atoms with Crippen LogP contribution in [-0.4, -0.2) is 18.3 Å². The zero-order chi connectivity index (χ0) is 13.0. The Morgan fingerprint density at radius 2 is 2.11 bits per heavy atom. The first-order valence-corrected chi connectivity index (χ1v) is 8.39. The highest BCUT2D eigenvalue weighted by Gasteiger charge is 2.31. The minimum atomic E-state index is 0.0146. The summed E-state index contributed by atoms with van der Waals surface area (Å²) in [5.74, 6) is 0.655. The molecular formula is C13H17BrClNOS. The van der Waals surface area contributed by atoms with Gasteiger partial charge in [0.1, 0.15) is 0 Å². The monoisotopic (exact) mass is 349 g/mol. The predicted octanol–water partition coefficient (Wildman–Crippen LogP) is 4.43. The number of thiophene rings is 1. The minimum Gasteiger partial charge on any atom is -0.351 e. The van der Waals surface area contributed by atoms with Crippen molar-refractivity contribution < 1.29 is 4.79 Å². The van der Waals surface area contributed by atoms with Crippen molar-refractivity contribution in [1.82, 2.24) is 5.32 Å². The Bertz CT molecular complexity index is 415. The second kappa shape index (κ2) is 6.40. The highest BCUT2D eigenvalue weighted by molar-refractivity contribution is 9.11. The van der Waals surface area contributed by atoms with Gasteiger partial charge in [-0.05, 0) is 40.9 Å². The average molecular weight is 351 g/mol. The zero-order valence-electron chi connectivity index (χ0n) is 10.2. The number of hydrogen-bond acceptors (Lipinski definition) is 2. The van der Waals surface area contributed by atoms with Crippen molar-refractivity contribution in [2.75, 3.05) is 12.4 Å². The molecule has 0 spiro atoms. The van der Waals surface area contributed by atoms with E-state index in [0.717, 1.165) is 21.5 Å². The fourth-order valence-corrected chi connectivity index (χ4v) is 4.11. The third-order valence-corrected chi connectivity index (χ3v) is 5.81. The highest BCUT2D eigenvalue weighted by atomic mass is 79.9. The van der Waals surface area contributed by atoms with E-state index >= 15 is 0 Å². The van der Waals surface area contributed by atoms with E-state index in [2.05, 4.69) is 21.2 Å². The van der Waals surface area contributed by atoms with Gasteiger partial charge >= 0.3 is 0 Å². The van der Waals surface area contributed by atoms with Gasteiger partial charge in [-0.25, -0.2) is 0 Å². The second-order valence-corrected chi connectivity index (χ2v) is 7.71. The number of nitrogens with one attached hydrogen (secondary N) is 1. The smallest absolute Gasteiger partial charge is 0.261 e. The fourth-order valence-electron chi connectivity index (χ4n) is 2.45. The summed E-state index contributed by atoms with van der Waals surface area (Å²) in [6.07, 6.45) is 6.01. The van der Waals surface area contributed by atoms with Crippen LogP contribution in [-0.2, 0) is 0 Å². The van der Waals surface area contributed by atoms with E-state index in [1.54, 1.807) is 0 Å². The van der Waals surface area contributed by atoms with E-state index in [4.69, 9.17) is 11.6 Å². The topological polar surface area (TPSA) is 29.1 Å². The fraction of sp³-hybridized carbons (Fsp3) is 0.615. The van der Waals surface area contributed by atoms with Crippen molar-refractivity contribution in [3.8, 4) is 0 Å². The zero-order valence-corrected chi connectivity index (χ0v) is 13.3. The van der Waals surface area contributed by atoms with Crippen molar-refractivity contribution >= 4 is 44.8 Å². The lowest BCUT2D eigenvalue weighted by Crippen LogP contribution is -2.40. The molecule has 1 N–H and O–H groups in total. The van der Waals surface area contributed by atoms with Crippen LogP contribution in [0.1, 0.15) is 41.8 Å². The van der Waals surface area contributed by atoms with E-state index in [9.17, 15) is 4.79 Å². The summed E-state index contributed by atoms with van der Waals surface area (Å²) < 4.78 is 0.984. The Kier molecular flexibility index (Phi) is 5.10. The molecule has 0 aliphatic heterocycles. The lowest BCUT2D eigenvalue weighted by molar-refractivity contribution is 0.0925. The molecule has 5 heteroatoms. The summed E-state index contributed by atoms with van der Waals surface area (Å²) in [6, 6.07) is 3.75. The van der Waals surface area contributed by atoms with Crippen molar-refractivity contribution in [3.05, 3.63) is 20.8 Å². The number of alkyl halides is 1. The lowest BCUT2D eigenvalue weighted by atomic mass is 9.75. The molecule has 1 amide bonds. The summed E-state index contributed by atoms with van der Waals surface area (Å²) in [5, 5.41) is 3.04. The number of hydrogen-bond donors (Lipinski definition) is 1. The van der Waals surface area contributed by atoms with Gasteiger partial charge in [-0.2, -0.15) is 0 Å². The van der Waals surface area contributed by atoms with Crippen LogP contribution in [0, 0.1) is 5.41 Å². The molecule has 0 radical (unpaired) electrons. The number of amides is 1. The molecule has 1 saturated carbocycles. The molecule has 0 saturated heterocycles. The van der Waals surface area contributed by atoms with E-state index < -0.39 is 0 Å². The van der Waals surface area contributed by atoms with Gasteiger partial charge in [0.15, 0.2) is 0 Å². The van der Waals surface area contributed by atoms with Gasteiger partial charge in [0.2, 0.25) is 0 Å². The number of carbonyl (C=O) groups excluding carboxylic acids is 1. The Morgan fingerprint density at radius 3 is 2.67 bits per heavy atom. The van der Waals surface area contributed by atoms with E-state index in [1.165, 1.54) is 30.6 Å². The van der Waals surface area contributed by atoms with Crippen LogP contribution in [0.3, 0.4) is 0 Å². The van der Waals surface area contributed by atoms with Crippen LogP contribution in [0.2, 0.25) is 0 Å². The van der Waals surface area contributed by atoms with Crippen LogP contribution in [0.15, 0.2) is 15.9 Å². The Balaban J connectivity index is 1.91. The molecule has 0 unspecified atom stereocenters. The van der Waals surface area contributed by atoms with Crippen molar-refractivity contribution in [1.29, 1.82) is 0 Å². The van der Waals surface area contributed by atoms with Gasteiger partial charge < -0.3 is 5.32 Å². The van der Waals surface area contributed by atoms with Crippen molar-refractivity contribution in [3.63, 3.8) is 0 Å². The number of halogens is 2. The van der Waals surface area contributed by atoms with Crippen LogP contribution in [0.5, 0.6) is 0 Å². The summed E-state index contributed by atoms with van der Waals surface area (Å²) in [6.45, 7) is 0.699. The molecule has 1 fully saturated rings. The predicted molar refractivity (Wildman–Crippen MR) is 80.6 cm³/mol. The molecule has 0 atom stereocenters. The summed E-state index contributed by atoms with van der Waals surface area (Å²) in [4.78, 5) is 12.7. The van der Waals surface area contributed by atoms with Crippen molar-refractivity contribution in [2.45, 2.75) is 32.1 Å². The van der Waals surface area contributed by atoms with Crippen LogP contribution >= 0.6 is 38.9 Å². The van der Waals surface area contributed by atoms with E-state index in [1.807, 2.05) is 12.1 Å². The number of carbonyl (C=O) groups is 1. The second-order valence-electron chi connectivity index (χ2n) is 4.98. The Morgan fingerprint density at radius 1 is 1.39 bits per heavy atom. The SMILES string of the molecule is O=C(NCC1(CCl)CCCCC1)c1ccc(Br)s1. The summed E-state index contributed by atoms with van der Waals surface area (Å²) >= 11 is 10.9. The molecule has 2 rings (SSSR count). The van der Waals surface area contributed by atoms with Gasteiger partial charge in [0.05, 0.1) is 8.66 Å². The normalized spacial score (nSPS) is 18.6. The largest absolute Gasteiger partial charge is 0.351 e. The molecule has 100 valence electrons. The highest BCUT2D eigenvalue weighted by Crippen LogP contribution is 2.36. The van der Waals surface area contributed by atoms with Gasteiger partial charge in [-0.15, -0.1) is 22.9 Å². The quantitative estimate of drug-likeness (QED) is 0.800. The lowest BCUT2D eigenvalue weighted by Gasteiger charge is -2.35. The van der Waals surface area contributed by atoms with Crippen LogP contribution in [0.25, 0.3) is 0 Å². The van der Waals surface area contributed by atoms with Crippen molar-refractivity contribution in [2.24, 2.45) is 5.41 Å². The van der Waals surface area contributed by atoms with Gasteiger partial charge in [-0.3, -0.25) is 4.79 Å². The molecule has 1 aromatic heterocycles. The van der Waals surface area contributed by atoms with E-state index in [-0.39, 0.29) is 11.3 Å². The first kappa shape index (κ1) is 14.4. The van der Waals surface area contributed by atoms with Gasteiger partial charge in [-0.1, -0.05) is 19.3 Å². The molecule has 1 aromatic rings. The van der Waals surface area contributed by atoms with Gasteiger partial charge in [0.25, 0.3) is 5.91 Å². The molecule has 0 bridgehead atoms. The average Bonchev–Trinajstić information content (AvgIpc) is 2.84. The maximum atomic E-state index is 12.0. The Hall–Kier alpha value is -0.0600. The maximum absolute atomic E-state index is 12.0. The summed E-state index contributed by atoms with van der Waals surface area (Å²) in [7, 11) is 0.